The first-order valence-corrected chi connectivity index (χ1v) is 6.72. The van der Waals surface area contributed by atoms with E-state index in [1.807, 2.05) is 0 Å². The van der Waals surface area contributed by atoms with Crippen LogP contribution in [0.15, 0.2) is 11.5 Å². The number of cyclic esters (lactones) is 1. The molecule has 0 aromatic heterocycles. The SMILES string of the molecule is O=C1O[C@H]([C@@H](O)CO)C(O)=C1O[C@@H]1O[C@H](CO)[C@@H](O)[C@H](O)[C@@H]1O. The van der Waals surface area contributed by atoms with Crippen LogP contribution in [0.1, 0.15) is 0 Å². The summed E-state index contributed by atoms with van der Waals surface area (Å²) in [5, 5.41) is 66.1. The van der Waals surface area contributed by atoms with Crippen LogP contribution in [0, 0.1) is 0 Å². The second kappa shape index (κ2) is 6.97. The van der Waals surface area contributed by atoms with Crippen LogP contribution in [0.5, 0.6) is 0 Å². The fourth-order valence-electron chi connectivity index (χ4n) is 2.20. The molecule has 0 aliphatic carbocycles. The third-order valence-corrected chi connectivity index (χ3v) is 3.54. The van der Waals surface area contributed by atoms with E-state index in [0.717, 1.165) is 0 Å². The summed E-state index contributed by atoms with van der Waals surface area (Å²) in [6.45, 7) is -1.50. The molecule has 2 aliphatic rings. The zero-order valence-corrected chi connectivity index (χ0v) is 11.7. The molecule has 0 spiro atoms. The number of aliphatic hydroxyl groups is 7. The van der Waals surface area contributed by atoms with Gasteiger partial charge < -0.3 is 50.0 Å². The van der Waals surface area contributed by atoms with Crippen LogP contribution in [-0.4, -0.2) is 97.8 Å². The lowest BCUT2D eigenvalue weighted by atomic mass is 9.99. The zero-order chi connectivity index (χ0) is 17.3. The van der Waals surface area contributed by atoms with Crippen LogP contribution >= 0.6 is 0 Å². The topological polar surface area (TPSA) is 186 Å². The number of hydrogen-bond acceptors (Lipinski definition) is 11. The van der Waals surface area contributed by atoms with Crippen molar-refractivity contribution in [3.05, 3.63) is 11.5 Å². The van der Waals surface area contributed by atoms with E-state index in [-0.39, 0.29) is 0 Å². The largest absolute Gasteiger partial charge is 0.505 e. The summed E-state index contributed by atoms with van der Waals surface area (Å²) in [4.78, 5) is 11.6. The number of ether oxygens (including phenoxy) is 3. The van der Waals surface area contributed by atoms with Gasteiger partial charge in [0.15, 0.2) is 11.9 Å². The maximum atomic E-state index is 11.6. The second-order valence-electron chi connectivity index (χ2n) is 5.11. The fourth-order valence-corrected chi connectivity index (χ4v) is 2.20. The molecule has 7 atom stereocenters. The highest BCUT2D eigenvalue weighted by Crippen LogP contribution is 2.29. The molecule has 1 fully saturated rings. The van der Waals surface area contributed by atoms with Gasteiger partial charge in [-0.1, -0.05) is 0 Å². The molecule has 0 radical (unpaired) electrons. The van der Waals surface area contributed by atoms with Gasteiger partial charge >= 0.3 is 5.97 Å². The van der Waals surface area contributed by atoms with E-state index >= 15 is 0 Å². The average molecular weight is 338 g/mol. The van der Waals surface area contributed by atoms with Gasteiger partial charge in [0.2, 0.25) is 12.0 Å². The summed E-state index contributed by atoms with van der Waals surface area (Å²) in [7, 11) is 0. The molecule has 0 saturated carbocycles. The van der Waals surface area contributed by atoms with E-state index in [0.29, 0.717) is 0 Å². The van der Waals surface area contributed by atoms with Crippen LogP contribution in [0.2, 0.25) is 0 Å². The maximum Gasteiger partial charge on any atom is 0.378 e. The van der Waals surface area contributed by atoms with E-state index in [9.17, 15) is 30.3 Å². The van der Waals surface area contributed by atoms with Crippen LogP contribution < -0.4 is 0 Å². The van der Waals surface area contributed by atoms with Gasteiger partial charge in [0.25, 0.3) is 0 Å². The van der Waals surface area contributed by atoms with Crippen molar-refractivity contribution >= 4 is 5.97 Å². The maximum absolute atomic E-state index is 11.6. The van der Waals surface area contributed by atoms with Crippen LogP contribution in [-0.2, 0) is 19.0 Å². The molecular formula is C12H18O11. The number of rotatable bonds is 5. The van der Waals surface area contributed by atoms with E-state index < -0.39 is 73.6 Å². The Bertz CT molecular complexity index is 476. The molecule has 0 aromatic rings. The van der Waals surface area contributed by atoms with Crippen molar-refractivity contribution in [1.82, 2.24) is 0 Å². The summed E-state index contributed by atoms with van der Waals surface area (Å²) in [6.07, 6.45) is -11.2. The van der Waals surface area contributed by atoms with Crippen molar-refractivity contribution in [1.29, 1.82) is 0 Å². The van der Waals surface area contributed by atoms with Crippen molar-refractivity contribution < 1.29 is 54.8 Å². The zero-order valence-electron chi connectivity index (χ0n) is 11.7. The lowest BCUT2D eigenvalue weighted by Gasteiger charge is -2.39. The Morgan fingerprint density at radius 2 is 1.78 bits per heavy atom. The highest BCUT2D eigenvalue weighted by Gasteiger charge is 2.48. The van der Waals surface area contributed by atoms with Crippen LogP contribution in [0.25, 0.3) is 0 Å². The minimum atomic E-state index is -1.79. The molecule has 1 saturated heterocycles. The van der Waals surface area contributed by atoms with Gasteiger partial charge in [-0.15, -0.1) is 0 Å². The van der Waals surface area contributed by atoms with Gasteiger partial charge in [-0.3, -0.25) is 0 Å². The normalized spacial score (nSPS) is 39.3. The molecule has 2 aliphatic heterocycles. The first-order valence-electron chi connectivity index (χ1n) is 6.72. The van der Waals surface area contributed by atoms with Gasteiger partial charge in [-0.2, -0.15) is 0 Å². The number of carbonyl (C=O) groups excluding carboxylic acids is 1. The van der Waals surface area contributed by atoms with E-state index in [1.165, 1.54) is 0 Å². The molecule has 0 unspecified atom stereocenters. The Morgan fingerprint density at radius 3 is 2.35 bits per heavy atom. The van der Waals surface area contributed by atoms with Crippen molar-refractivity contribution in [2.45, 2.75) is 42.9 Å². The number of aliphatic hydroxyl groups excluding tert-OH is 7. The lowest BCUT2D eigenvalue weighted by molar-refractivity contribution is -0.291. The van der Waals surface area contributed by atoms with Gasteiger partial charge in [-0.05, 0) is 0 Å². The molecule has 0 aromatic carbocycles. The Hall–Kier alpha value is -1.47. The predicted octanol–water partition coefficient (Wildman–Crippen LogP) is -4.15. The predicted molar refractivity (Wildman–Crippen MR) is 67.5 cm³/mol. The van der Waals surface area contributed by atoms with Crippen LogP contribution in [0.3, 0.4) is 0 Å². The summed E-state index contributed by atoms with van der Waals surface area (Å²) in [6, 6.07) is 0. The number of hydrogen-bond donors (Lipinski definition) is 7. The summed E-state index contributed by atoms with van der Waals surface area (Å²) >= 11 is 0. The van der Waals surface area contributed by atoms with E-state index in [2.05, 4.69) is 4.74 Å². The lowest BCUT2D eigenvalue weighted by Crippen LogP contribution is -2.59. The molecule has 0 bridgehead atoms. The first-order chi connectivity index (χ1) is 10.8. The molecule has 23 heavy (non-hydrogen) atoms. The molecule has 11 nitrogen and oxygen atoms in total. The molecule has 2 rings (SSSR count). The summed E-state index contributed by atoms with van der Waals surface area (Å²) in [5.74, 6) is -2.79. The molecule has 132 valence electrons. The van der Waals surface area contributed by atoms with E-state index in [1.54, 1.807) is 0 Å². The van der Waals surface area contributed by atoms with Gasteiger partial charge in [0, 0.05) is 0 Å². The standard InChI is InChI=1S/C12H18O11/c13-1-3(15)9-8(19)10(11(20)22-9)23-12-7(18)6(17)5(16)4(2-14)21-12/h3-7,9,12-19H,1-2H2/t3-,4+,5+,6-,7-,9+,12-/m0/s1. The molecule has 2 heterocycles. The molecular weight excluding hydrogens is 320 g/mol. The second-order valence-corrected chi connectivity index (χ2v) is 5.11. The summed E-state index contributed by atoms with van der Waals surface area (Å²) in [5.41, 5.74) is 0. The number of carbonyl (C=O) groups is 1. The number of esters is 1. The first kappa shape index (κ1) is 17.9. The minimum Gasteiger partial charge on any atom is -0.505 e. The third-order valence-electron chi connectivity index (χ3n) is 3.54. The minimum absolute atomic E-state index is 0.702. The fraction of sp³-hybridized carbons (Fsp3) is 0.750. The van der Waals surface area contributed by atoms with Crippen molar-refractivity contribution in [2.24, 2.45) is 0 Å². The Balaban J connectivity index is 2.16. The molecule has 11 heteroatoms. The van der Waals surface area contributed by atoms with Crippen molar-refractivity contribution in [3.8, 4) is 0 Å². The Morgan fingerprint density at radius 1 is 1.13 bits per heavy atom. The van der Waals surface area contributed by atoms with Crippen molar-refractivity contribution in [3.63, 3.8) is 0 Å². The smallest absolute Gasteiger partial charge is 0.378 e. The third kappa shape index (κ3) is 3.26. The highest BCUT2D eigenvalue weighted by atomic mass is 16.7. The van der Waals surface area contributed by atoms with E-state index in [4.69, 9.17) is 19.7 Å². The van der Waals surface area contributed by atoms with Gasteiger partial charge in [0.1, 0.15) is 30.5 Å². The van der Waals surface area contributed by atoms with Gasteiger partial charge in [0.05, 0.1) is 13.2 Å². The highest BCUT2D eigenvalue weighted by molar-refractivity contribution is 5.89. The molecule has 7 N–H and O–H groups in total. The van der Waals surface area contributed by atoms with Crippen molar-refractivity contribution in [2.75, 3.05) is 13.2 Å². The van der Waals surface area contributed by atoms with Crippen LogP contribution in [0.4, 0.5) is 0 Å². The molecule has 0 amide bonds. The quantitative estimate of drug-likeness (QED) is 0.241. The summed E-state index contributed by atoms with van der Waals surface area (Å²) < 4.78 is 14.6. The van der Waals surface area contributed by atoms with Gasteiger partial charge in [-0.25, -0.2) is 4.79 Å². The Labute approximate surface area is 129 Å². The Kier molecular flexibility index (Phi) is 5.41. The monoisotopic (exact) mass is 338 g/mol. The average Bonchev–Trinajstić information content (AvgIpc) is 2.82.